The molecule has 0 bridgehead atoms. The molecule has 0 aromatic rings. The first kappa shape index (κ1) is 10.4. The molecule has 0 radical (unpaired) electrons. The topological polar surface area (TPSA) is 32.3 Å². The summed E-state index contributed by atoms with van der Waals surface area (Å²) in [4.78, 5) is 0. The fourth-order valence-electron chi connectivity index (χ4n) is 3.80. The van der Waals surface area contributed by atoms with Gasteiger partial charge in [-0.05, 0) is 44.1 Å². The van der Waals surface area contributed by atoms with E-state index < -0.39 is 0 Å². The zero-order valence-corrected chi connectivity index (χ0v) is 9.80. The van der Waals surface area contributed by atoms with Crippen molar-refractivity contribution in [2.45, 2.75) is 39.2 Å². The van der Waals surface area contributed by atoms with Crippen molar-refractivity contribution >= 4 is 0 Å². The molecular formula is C12H23NO. The Kier molecular flexibility index (Phi) is 2.20. The second-order valence-corrected chi connectivity index (χ2v) is 5.95. The summed E-state index contributed by atoms with van der Waals surface area (Å²) < 4.78 is 0. The van der Waals surface area contributed by atoms with Crippen LogP contribution in [-0.4, -0.2) is 24.3 Å². The van der Waals surface area contributed by atoms with Gasteiger partial charge in [0.05, 0.1) is 0 Å². The predicted molar refractivity (Wildman–Crippen MR) is 58.0 cm³/mol. The number of nitrogens with one attached hydrogen (secondary N) is 1. The Morgan fingerprint density at radius 3 is 2.50 bits per heavy atom. The third kappa shape index (κ3) is 1.17. The summed E-state index contributed by atoms with van der Waals surface area (Å²) in [5.41, 5.74) is 0.631. The molecule has 2 fully saturated rings. The van der Waals surface area contributed by atoms with Crippen LogP contribution in [0.15, 0.2) is 0 Å². The van der Waals surface area contributed by atoms with Gasteiger partial charge in [0.25, 0.3) is 0 Å². The molecule has 0 spiro atoms. The van der Waals surface area contributed by atoms with Gasteiger partial charge in [0.1, 0.15) is 0 Å². The van der Waals surface area contributed by atoms with Gasteiger partial charge in [-0.3, -0.25) is 0 Å². The van der Waals surface area contributed by atoms with Crippen molar-refractivity contribution < 1.29 is 5.11 Å². The van der Waals surface area contributed by atoms with E-state index in [9.17, 15) is 5.11 Å². The van der Waals surface area contributed by atoms with Crippen molar-refractivity contribution in [3.8, 4) is 0 Å². The van der Waals surface area contributed by atoms with Crippen LogP contribution in [0.3, 0.4) is 0 Å². The first-order valence-electron chi connectivity index (χ1n) is 5.77. The summed E-state index contributed by atoms with van der Waals surface area (Å²) in [6.45, 7) is 7.30. The number of fused-ring (bicyclic) bond motifs is 1. The first-order valence-corrected chi connectivity index (χ1v) is 5.77. The summed E-state index contributed by atoms with van der Waals surface area (Å²) >= 11 is 0. The molecule has 0 aliphatic heterocycles. The monoisotopic (exact) mass is 197 g/mol. The summed E-state index contributed by atoms with van der Waals surface area (Å²) in [5, 5.41) is 13.0. The number of hydrogen-bond donors (Lipinski definition) is 2. The largest absolute Gasteiger partial charge is 0.396 e. The normalized spacial score (nSPS) is 49.9. The Morgan fingerprint density at radius 2 is 2.00 bits per heavy atom. The van der Waals surface area contributed by atoms with E-state index in [4.69, 9.17) is 0 Å². The average Bonchev–Trinajstić information content (AvgIpc) is 2.69. The minimum absolute atomic E-state index is 0.156. The lowest BCUT2D eigenvalue weighted by Crippen LogP contribution is -2.51. The maximum absolute atomic E-state index is 9.55. The molecule has 0 aromatic carbocycles. The van der Waals surface area contributed by atoms with Gasteiger partial charge < -0.3 is 10.4 Å². The van der Waals surface area contributed by atoms with E-state index in [2.05, 4.69) is 26.1 Å². The van der Waals surface area contributed by atoms with Crippen LogP contribution in [0.1, 0.15) is 33.6 Å². The van der Waals surface area contributed by atoms with Crippen molar-refractivity contribution in [2.75, 3.05) is 13.7 Å². The van der Waals surface area contributed by atoms with Crippen LogP contribution in [0.5, 0.6) is 0 Å². The Hall–Kier alpha value is -0.0800. The molecule has 2 heteroatoms. The molecule has 4 atom stereocenters. The van der Waals surface area contributed by atoms with Crippen LogP contribution in [0.2, 0.25) is 0 Å². The Bertz CT molecular complexity index is 238. The summed E-state index contributed by atoms with van der Waals surface area (Å²) in [7, 11) is 2.03. The molecule has 2 saturated carbocycles. The summed E-state index contributed by atoms with van der Waals surface area (Å²) in [5.74, 6) is 2.04. The van der Waals surface area contributed by atoms with Gasteiger partial charge in [-0.25, -0.2) is 0 Å². The maximum Gasteiger partial charge on any atom is 0.0479 e. The van der Waals surface area contributed by atoms with Crippen LogP contribution in [0, 0.1) is 23.2 Å². The van der Waals surface area contributed by atoms with Gasteiger partial charge in [-0.1, -0.05) is 13.8 Å². The molecule has 2 rings (SSSR count). The van der Waals surface area contributed by atoms with E-state index in [1.807, 2.05) is 7.05 Å². The van der Waals surface area contributed by atoms with E-state index in [1.165, 1.54) is 12.8 Å². The quantitative estimate of drug-likeness (QED) is 0.705. The van der Waals surface area contributed by atoms with Crippen LogP contribution >= 0.6 is 0 Å². The molecule has 2 nitrogen and oxygen atoms in total. The highest BCUT2D eigenvalue weighted by molar-refractivity contribution is 5.15. The molecule has 82 valence electrons. The zero-order chi connectivity index (χ0) is 10.6. The highest BCUT2D eigenvalue weighted by atomic mass is 16.3. The minimum atomic E-state index is 0.156. The van der Waals surface area contributed by atoms with Gasteiger partial charge >= 0.3 is 0 Å². The number of aliphatic hydroxyl groups is 1. The van der Waals surface area contributed by atoms with Gasteiger partial charge in [0, 0.05) is 18.1 Å². The Balaban J connectivity index is 2.20. The SMILES string of the molecule is CN[C@]1(C)CC[C@@H]2[C@H]([C@@H]1CO)C2(C)C. The Labute approximate surface area is 87.1 Å². The third-order valence-corrected chi connectivity index (χ3v) is 5.13. The third-order valence-electron chi connectivity index (χ3n) is 5.13. The van der Waals surface area contributed by atoms with E-state index in [-0.39, 0.29) is 5.54 Å². The van der Waals surface area contributed by atoms with Crippen molar-refractivity contribution in [2.24, 2.45) is 23.2 Å². The van der Waals surface area contributed by atoms with E-state index >= 15 is 0 Å². The van der Waals surface area contributed by atoms with E-state index in [0.29, 0.717) is 17.9 Å². The molecule has 2 aliphatic rings. The fourth-order valence-corrected chi connectivity index (χ4v) is 3.80. The van der Waals surface area contributed by atoms with Crippen molar-refractivity contribution in [1.29, 1.82) is 0 Å². The molecule has 2 N–H and O–H groups in total. The lowest BCUT2D eigenvalue weighted by molar-refractivity contribution is 0.0846. The van der Waals surface area contributed by atoms with Crippen LogP contribution in [0.4, 0.5) is 0 Å². The molecule has 2 aliphatic carbocycles. The summed E-state index contributed by atoms with van der Waals surface area (Å²) in [6, 6.07) is 0. The van der Waals surface area contributed by atoms with Crippen LogP contribution in [0.25, 0.3) is 0 Å². The van der Waals surface area contributed by atoms with Gasteiger partial charge in [0.15, 0.2) is 0 Å². The summed E-state index contributed by atoms with van der Waals surface area (Å²) in [6.07, 6.45) is 2.53. The average molecular weight is 197 g/mol. The zero-order valence-electron chi connectivity index (χ0n) is 9.80. The highest BCUT2D eigenvalue weighted by Gasteiger charge is 2.65. The minimum Gasteiger partial charge on any atom is -0.396 e. The fraction of sp³-hybridized carbons (Fsp3) is 1.00. The number of aliphatic hydroxyl groups excluding tert-OH is 1. The van der Waals surface area contributed by atoms with Crippen molar-refractivity contribution in [1.82, 2.24) is 5.32 Å². The van der Waals surface area contributed by atoms with Crippen molar-refractivity contribution in [3.63, 3.8) is 0 Å². The second-order valence-electron chi connectivity index (χ2n) is 5.95. The molecule has 0 aromatic heterocycles. The van der Waals surface area contributed by atoms with Gasteiger partial charge in [-0.15, -0.1) is 0 Å². The molecule has 0 saturated heterocycles. The molecule has 14 heavy (non-hydrogen) atoms. The molecule has 0 amide bonds. The van der Waals surface area contributed by atoms with E-state index in [0.717, 1.165) is 11.8 Å². The number of hydrogen-bond acceptors (Lipinski definition) is 2. The molecule has 0 unspecified atom stereocenters. The molecule has 0 heterocycles. The van der Waals surface area contributed by atoms with Gasteiger partial charge in [0.2, 0.25) is 0 Å². The lowest BCUT2D eigenvalue weighted by Gasteiger charge is -2.40. The van der Waals surface area contributed by atoms with Crippen LogP contribution < -0.4 is 5.32 Å². The Morgan fingerprint density at radius 1 is 1.36 bits per heavy atom. The number of rotatable bonds is 2. The van der Waals surface area contributed by atoms with Crippen LogP contribution in [-0.2, 0) is 0 Å². The first-order chi connectivity index (χ1) is 6.47. The second kappa shape index (κ2) is 2.96. The standard InChI is InChI=1S/C12H23NO/c1-11(2)8-5-6-12(3,13-4)9(7-14)10(8)11/h8-10,13-14H,5-7H2,1-4H3/t8-,9+,10-,12-/m1/s1. The lowest BCUT2D eigenvalue weighted by atomic mass is 9.74. The predicted octanol–water partition coefficient (Wildman–Crippen LogP) is 1.64. The maximum atomic E-state index is 9.55. The van der Waals surface area contributed by atoms with E-state index in [1.54, 1.807) is 0 Å². The van der Waals surface area contributed by atoms with Crippen molar-refractivity contribution in [3.05, 3.63) is 0 Å². The highest BCUT2D eigenvalue weighted by Crippen LogP contribution is 2.68. The van der Waals surface area contributed by atoms with Gasteiger partial charge in [-0.2, -0.15) is 0 Å². The molecular weight excluding hydrogens is 174 g/mol. The smallest absolute Gasteiger partial charge is 0.0479 e.